The predicted molar refractivity (Wildman–Crippen MR) is 109 cm³/mol. The maximum Gasteiger partial charge on any atom is 0.260 e. The first kappa shape index (κ1) is 19.0. The van der Waals surface area contributed by atoms with Gasteiger partial charge in [0.1, 0.15) is 5.82 Å². The average Bonchev–Trinajstić information content (AvgIpc) is 3.40. The predicted octanol–water partition coefficient (Wildman–Crippen LogP) is 3.65. The standard InChI is InChI=1S/C22H23FN4O3/c1-13-5-4-6-14(17(13)23)19(28)25-16-10-27-9-15(24-18(27)20(26-16)29-3)22-8-7-21(2,11-22)30-12-22/h4-6,9-10H,7-8,11-12H2,1-3H3,(H,25,28). The van der Waals surface area contributed by atoms with E-state index < -0.39 is 11.7 Å². The molecule has 5 rings (SSSR count). The number of amides is 1. The van der Waals surface area contributed by atoms with E-state index in [1.807, 2.05) is 6.20 Å². The van der Waals surface area contributed by atoms with Crippen LogP contribution in [0.25, 0.3) is 5.65 Å². The Balaban J connectivity index is 1.50. The first-order valence-electron chi connectivity index (χ1n) is 9.97. The Kier molecular flexibility index (Phi) is 4.12. The second kappa shape index (κ2) is 6.50. The van der Waals surface area contributed by atoms with Gasteiger partial charge in [-0.2, -0.15) is 4.98 Å². The van der Waals surface area contributed by atoms with Crippen molar-refractivity contribution in [2.75, 3.05) is 19.0 Å². The number of fused-ring (bicyclic) bond motifs is 3. The highest BCUT2D eigenvalue weighted by molar-refractivity contribution is 6.04. The van der Waals surface area contributed by atoms with E-state index >= 15 is 0 Å². The van der Waals surface area contributed by atoms with Crippen LogP contribution in [0.2, 0.25) is 0 Å². The molecule has 3 aromatic rings. The van der Waals surface area contributed by atoms with Gasteiger partial charge in [0.2, 0.25) is 5.65 Å². The number of aromatic nitrogens is 3. The molecule has 2 fully saturated rings. The van der Waals surface area contributed by atoms with Crippen LogP contribution in [-0.4, -0.2) is 39.6 Å². The van der Waals surface area contributed by atoms with Gasteiger partial charge in [0.05, 0.1) is 36.8 Å². The topological polar surface area (TPSA) is 77.8 Å². The van der Waals surface area contributed by atoms with Crippen molar-refractivity contribution in [3.8, 4) is 5.88 Å². The minimum atomic E-state index is -0.570. The molecule has 2 aromatic heterocycles. The monoisotopic (exact) mass is 410 g/mol. The van der Waals surface area contributed by atoms with Gasteiger partial charge in [0.25, 0.3) is 11.8 Å². The van der Waals surface area contributed by atoms with E-state index in [0.29, 0.717) is 23.7 Å². The van der Waals surface area contributed by atoms with E-state index in [-0.39, 0.29) is 22.4 Å². The van der Waals surface area contributed by atoms with Crippen LogP contribution in [0.1, 0.15) is 47.8 Å². The lowest BCUT2D eigenvalue weighted by molar-refractivity contribution is -0.00627. The van der Waals surface area contributed by atoms with Crippen LogP contribution in [0.4, 0.5) is 10.2 Å². The third-order valence-corrected chi connectivity index (χ3v) is 6.36. The normalized spacial score (nSPS) is 25.1. The van der Waals surface area contributed by atoms with E-state index in [1.165, 1.54) is 13.2 Å². The van der Waals surface area contributed by atoms with Gasteiger partial charge in [-0.15, -0.1) is 0 Å². The number of rotatable bonds is 4. The number of imidazole rings is 1. The Labute approximate surface area is 173 Å². The number of anilines is 1. The minimum absolute atomic E-state index is 0.0329. The second-order valence-electron chi connectivity index (χ2n) is 8.58. The zero-order valence-electron chi connectivity index (χ0n) is 17.2. The number of methoxy groups -OCH3 is 1. The zero-order valence-corrected chi connectivity index (χ0v) is 17.2. The Bertz CT molecular complexity index is 1160. The van der Waals surface area contributed by atoms with Crippen LogP contribution in [0.15, 0.2) is 30.6 Å². The number of halogens is 1. The van der Waals surface area contributed by atoms with Gasteiger partial charge in [-0.25, -0.2) is 9.37 Å². The lowest BCUT2D eigenvalue weighted by Crippen LogP contribution is -2.26. The summed E-state index contributed by atoms with van der Waals surface area (Å²) in [5.74, 6) is -0.567. The number of nitrogens with one attached hydrogen (secondary N) is 1. The molecular weight excluding hydrogens is 387 g/mol. The number of carbonyl (C=O) groups excluding carboxylic acids is 1. The first-order chi connectivity index (χ1) is 14.3. The fourth-order valence-electron chi connectivity index (χ4n) is 4.68. The fraction of sp³-hybridized carbons (Fsp3) is 0.409. The summed E-state index contributed by atoms with van der Waals surface area (Å²) in [6.45, 7) is 4.42. The molecule has 156 valence electrons. The highest BCUT2D eigenvalue weighted by Crippen LogP contribution is 2.53. The molecule has 2 bridgehead atoms. The van der Waals surface area contributed by atoms with Crippen molar-refractivity contribution < 1.29 is 18.7 Å². The number of nitrogens with zero attached hydrogens (tertiary/aromatic N) is 3. The number of benzene rings is 1. The van der Waals surface area contributed by atoms with Crippen LogP contribution in [0.3, 0.4) is 0 Å². The van der Waals surface area contributed by atoms with Crippen molar-refractivity contribution in [3.05, 3.63) is 53.2 Å². The first-order valence-corrected chi connectivity index (χ1v) is 9.97. The smallest absolute Gasteiger partial charge is 0.260 e. The van der Waals surface area contributed by atoms with Gasteiger partial charge in [0.15, 0.2) is 5.82 Å². The van der Waals surface area contributed by atoms with Gasteiger partial charge in [-0.1, -0.05) is 12.1 Å². The number of aryl methyl sites for hydroxylation is 1. The van der Waals surface area contributed by atoms with Crippen molar-refractivity contribution >= 4 is 17.4 Å². The van der Waals surface area contributed by atoms with Crippen LogP contribution >= 0.6 is 0 Å². The molecule has 2 atom stereocenters. The number of ether oxygens (including phenoxy) is 2. The fourth-order valence-corrected chi connectivity index (χ4v) is 4.68. The molecule has 3 heterocycles. The summed E-state index contributed by atoms with van der Waals surface area (Å²) in [4.78, 5) is 21.8. The van der Waals surface area contributed by atoms with Gasteiger partial charge < -0.3 is 14.8 Å². The van der Waals surface area contributed by atoms with Crippen LogP contribution in [0, 0.1) is 12.7 Å². The summed E-state index contributed by atoms with van der Waals surface area (Å²) >= 11 is 0. The van der Waals surface area contributed by atoms with Crippen molar-refractivity contribution in [2.45, 2.75) is 44.1 Å². The molecule has 1 aliphatic carbocycles. The molecular formula is C22H23FN4O3. The van der Waals surface area contributed by atoms with E-state index in [4.69, 9.17) is 14.5 Å². The highest BCUT2D eigenvalue weighted by atomic mass is 19.1. The lowest BCUT2D eigenvalue weighted by atomic mass is 9.84. The Morgan fingerprint density at radius 2 is 2.13 bits per heavy atom. The van der Waals surface area contributed by atoms with Crippen molar-refractivity contribution in [3.63, 3.8) is 0 Å². The van der Waals surface area contributed by atoms with Gasteiger partial charge in [-0.3, -0.25) is 9.20 Å². The molecule has 8 heteroatoms. The molecule has 1 amide bonds. The van der Waals surface area contributed by atoms with Gasteiger partial charge in [0, 0.05) is 11.6 Å². The summed E-state index contributed by atoms with van der Waals surface area (Å²) in [5.41, 5.74) is 1.72. The molecule has 0 spiro atoms. The Hall–Kier alpha value is -3.00. The SMILES string of the molecule is COc1nc(NC(=O)c2cccc(C)c2F)cn2cc(C34CCC(C)(C3)OC4)nc12. The summed E-state index contributed by atoms with van der Waals surface area (Å²) in [7, 11) is 1.51. The lowest BCUT2D eigenvalue weighted by Gasteiger charge is -2.24. The quantitative estimate of drug-likeness (QED) is 0.710. The Morgan fingerprint density at radius 3 is 2.80 bits per heavy atom. The number of carbonyl (C=O) groups is 1. The summed E-state index contributed by atoms with van der Waals surface area (Å²) in [6.07, 6.45) is 6.60. The van der Waals surface area contributed by atoms with Crippen LogP contribution < -0.4 is 10.1 Å². The van der Waals surface area contributed by atoms with Crippen molar-refractivity contribution in [1.29, 1.82) is 0 Å². The Morgan fingerprint density at radius 1 is 1.30 bits per heavy atom. The summed E-state index contributed by atoms with van der Waals surface area (Å²) < 4.78 is 27.5. The largest absolute Gasteiger partial charge is 0.478 e. The van der Waals surface area contributed by atoms with E-state index in [0.717, 1.165) is 25.0 Å². The third kappa shape index (κ3) is 2.86. The third-order valence-electron chi connectivity index (χ3n) is 6.36. The highest BCUT2D eigenvalue weighted by Gasteiger charge is 2.55. The van der Waals surface area contributed by atoms with Crippen LogP contribution in [-0.2, 0) is 10.2 Å². The van der Waals surface area contributed by atoms with Crippen LogP contribution in [0.5, 0.6) is 5.88 Å². The van der Waals surface area contributed by atoms with Crippen molar-refractivity contribution in [2.24, 2.45) is 0 Å². The molecule has 1 saturated carbocycles. The van der Waals surface area contributed by atoms with E-state index in [9.17, 15) is 9.18 Å². The maximum atomic E-state index is 14.3. The second-order valence-corrected chi connectivity index (χ2v) is 8.58. The number of hydrogen-bond donors (Lipinski definition) is 1. The molecule has 2 unspecified atom stereocenters. The molecule has 1 aromatic carbocycles. The molecule has 2 aliphatic rings. The minimum Gasteiger partial charge on any atom is -0.478 e. The molecule has 1 aliphatic heterocycles. The summed E-state index contributed by atoms with van der Waals surface area (Å²) in [6, 6.07) is 4.71. The zero-order chi connectivity index (χ0) is 21.1. The van der Waals surface area contributed by atoms with E-state index in [2.05, 4.69) is 17.2 Å². The number of hydrogen-bond acceptors (Lipinski definition) is 5. The van der Waals surface area contributed by atoms with Gasteiger partial charge in [-0.05, 0) is 44.7 Å². The van der Waals surface area contributed by atoms with Crippen molar-refractivity contribution in [1.82, 2.24) is 14.4 Å². The maximum absolute atomic E-state index is 14.3. The molecule has 0 radical (unpaired) electrons. The average molecular weight is 410 g/mol. The molecule has 7 nitrogen and oxygen atoms in total. The molecule has 1 saturated heterocycles. The van der Waals surface area contributed by atoms with E-state index in [1.54, 1.807) is 29.7 Å². The summed E-state index contributed by atoms with van der Waals surface area (Å²) in [5, 5.41) is 2.67. The van der Waals surface area contributed by atoms with Gasteiger partial charge >= 0.3 is 0 Å². The molecule has 30 heavy (non-hydrogen) atoms. The molecule has 1 N–H and O–H groups in total.